The van der Waals surface area contributed by atoms with Gasteiger partial charge in [0.1, 0.15) is 5.03 Å². The van der Waals surface area contributed by atoms with Gasteiger partial charge in [0.05, 0.1) is 9.93 Å². The summed E-state index contributed by atoms with van der Waals surface area (Å²) in [7, 11) is -4.40. The Balaban J connectivity index is 2.27. The van der Waals surface area contributed by atoms with Gasteiger partial charge in [-0.1, -0.05) is 99.4 Å². The Morgan fingerprint density at radius 3 is 1.90 bits per heavy atom. The number of hydrogen-bond donors (Lipinski definition) is 2. The van der Waals surface area contributed by atoms with Crippen molar-refractivity contribution in [2.24, 2.45) is 0 Å². The molecule has 2 N–H and O–H groups in total. The van der Waals surface area contributed by atoms with Gasteiger partial charge in [-0.05, 0) is 36.4 Å². The molecule has 31 heavy (non-hydrogen) atoms. The van der Waals surface area contributed by atoms with Crippen LogP contribution in [0.5, 0.6) is 0 Å². The number of allylic oxidation sites excluding steroid dienone is 1. The summed E-state index contributed by atoms with van der Waals surface area (Å²) in [5.41, 5.74) is -2.04. The van der Waals surface area contributed by atoms with Crippen LogP contribution in [0.15, 0.2) is 69.6 Å². The van der Waals surface area contributed by atoms with E-state index in [1.165, 1.54) is 24.3 Å². The molecule has 0 saturated carbocycles. The number of carbonyl (C=O) groups is 1. The lowest BCUT2D eigenvalue weighted by Crippen LogP contribution is -2.73. The third kappa shape index (κ3) is 4.27. The maximum Gasteiger partial charge on any atom is 0.242 e. The smallest absolute Gasteiger partial charge is 0.242 e. The molecule has 166 valence electrons. The van der Waals surface area contributed by atoms with Crippen molar-refractivity contribution < 1.29 is 13.2 Å². The number of benzene rings is 2. The lowest BCUT2D eigenvalue weighted by Gasteiger charge is -2.50. The number of hydrogen-bond acceptors (Lipinski definition) is 4. The molecule has 1 atom stereocenters. The van der Waals surface area contributed by atoms with Crippen molar-refractivity contribution in [3.63, 3.8) is 0 Å². The third-order valence-electron chi connectivity index (χ3n) is 4.39. The normalized spacial score (nSPS) is 23.0. The standard InChI is InChI=1S/C18H11Cl7N2O3S/c19-10-6-8-12(9-7-10)31(29,30)27-17(26-11-4-2-1-3-5-11)14(21)13(20)15(28)16(22,23)18(17,24)25/h1-9,26-27H/t17-/m1/s1. The SMILES string of the molecule is O=C1C(Cl)=C(Cl)[C@@](Nc2ccccc2)(NS(=O)(=O)c2ccc(Cl)cc2)C(Cl)(Cl)C1(Cl)Cl. The minimum atomic E-state index is -4.40. The number of sulfonamides is 1. The molecule has 0 amide bonds. The van der Waals surface area contributed by atoms with Gasteiger partial charge in [-0.3, -0.25) is 4.79 Å². The van der Waals surface area contributed by atoms with E-state index < -0.39 is 40.2 Å². The number of ketones is 1. The molecule has 0 aromatic heterocycles. The van der Waals surface area contributed by atoms with Gasteiger partial charge >= 0.3 is 0 Å². The van der Waals surface area contributed by atoms with Crippen molar-refractivity contribution in [2.45, 2.75) is 19.2 Å². The molecular formula is C18H11Cl7N2O3S. The molecule has 0 spiro atoms. The van der Waals surface area contributed by atoms with Gasteiger partial charge < -0.3 is 5.32 Å². The van der Waals surface area contributed by atoms with Crippen LogP contribution < -0.4 is 10.0 Å². The molecule has 1 aliphatic rings. The maximum atomic E-state index is 13.2. The second-order valence-corrected chi connectivity index (χ2v) is 11.9. The van der Waals surface area contributed by atoms with Crippen LogP contribution in [-0.2, 0) is 14.8 Å². The zero-order chi connectivity index (χ0) is 23.2. The van der Waals surface area contributed by atoms with E-state index in [4.69, 9.17) is 81.2 Å². The van der Waals surface area contributed by atoms with Crippen LogP contribution in [0, 0.1) is 0 Å². The summed E-state index contributed by atoms with van der Waals surface area (Å²) in [6.07, 6.45) is 0. The molecule has 0 fully saturated rings. The van der Waals surface area contributed by atoms with Gasteiger partial charge in [-0.2, -0.15) is 4.72 Å². The van der Waals surface area contributed by atoms with E-state index in [2.05, 4.69) is 10.0 Å². The molecule has 3 rings (SSSR count). The average molecular weight is 584 g/mol. The molecule has 2 aromatic carbocycles. The van der Waals surface area contributed by atoms with Gasteiger partial charge in [0.25, 0.3) is 0 Å². The van der Waals surface area contributed by atoms with Crippen molar-refractivity contribution in [1.29, 1.82) is 0 Å². The summed E-state index contributed by atoms with van der Waals surface area (Å²) >= 11 is 43.7. The third-order valence-corrected chi connectivity index (χ3v) is 9.47. The molecule has 1 aliphatic carbocycles. The van der Waals surface area contributed by atoms with Crippen LogP contribution in [0.4, 0.5) is 5.69 Å². The Morgan fingerprint density at radius 1 is 0.806 bits per heavy atom. The predicted molar refractivity (Wildman–Crippen MR) is 127 cm³/mol. The van der Waals surface area contributed by atoms with Crippen LogP contribution in [-0.4, -0.2) is 28.5 Å². The van der Waals surface area contributed by atoms with Gasteiger partial charge in [-0.15, -0.1) is 0 Å². The van der Waals surface area contributed by atoms with Gasteiger partial charge in [0.2, 0.25) is 24.5 Å². The first-order valence-corrected chi connectivity index (χ1v) is 12.4. The molecule has 0 unspecified atom stereocenters. The van der Waals surface area contributed by atoms with E-state index in [0.717, 1.165) is 0 Å². The number of Topliss-reactive ketones (excluding diaryl/α,β-unsaturated/α-hetero) is 1. The van der Waals surface area contributed by atoms with E-state index in [1.54, 1.807) is 30.3 Å². The summed E-state index contributed by atoms with van der Waals surface area (Å²) in [4.78, 5) is 12.4. The molecular weight excluding hydrogens is 572 g/mol. The quantitative estimate of drug-likeness (QED) is 0.332. The van der Waals surface area contributed by atoms with Crippen LogP contribution >= 0.6 is 81.2 Å². The Hall–Kier alpha value is -0.410. The molecule has 5 nitrogen and oxygen atoms in total. The van der Waals surface area contributed by atoms with Crippen LogP contribution in [0.2, 0.25) is 5.02 Å². The van der Waals surface area contributed by atoms with Crippen molar-refractivity contribution >= 4 is 103 Å². The first-order chi connectivity index (χ1) is 14.3. The number of para-hydroxylation sites is 1. The first-order valence-electron chi connectivity index (χ1n) is 8.25. The molecule has 0 radical (unpaired) electrons. The van der Waals surface area contributed by atoms with E-state index in [9.17, 15) is 13.2 Å². The lowest BCUT2D eigenvalue weighted by molar-refractivity contribution is -0.116. The summed E-state index contributed by atoms with van der Waals surface area (Å²) in [5, 5.41) is 1.91. The summed E-state index contributed by atoms with van der Waals surface area (Å²) in [6.45, 7) is 0. The Bertz CT molecular complexity index is 1150. The molecule has 2 aromatic rings. The van der Waals surface area contributed by atoms with Crippen LogP contribution in [0.25, 0.3) is 0 Å². The Kier molecular flexibility index (Phi) is 7.11. The maximum absolute atomic E-state index is 13.2. The van der Waals surface area contributed by atoms with Crippen LogP contribution in [0.3, 0.4) is 0 Å². The predicted octanol–water partition coefficient (Wildman–Crippen LogP) is 6.05. The van der Waals surface area contributed by atoms with E-state index in [-0.39, 0.29) is 4.90 Å². The number of alkyl halides is 4. The lowest BCUT2D eigenvalue weighted by atomic mass is 9.92. The number of halogens is 7. The van der Waals surface area contributed by atoms with Gasteiger partial charge in [0.15, 0.2) is 5.66 Å². The van der Waals surface area contributed by atoms with E-state index in [0.29, 0.717) is 10.7 Å². The van der Waals surface area contributed by atoms with Crippen molar-refractivity contribution in [1.82, 2.24) is 4.72 Å². The highest BCUT2D eigenvalue weighted by Crippen LogP contribution is 2.58. The van der Waals surface area contributed by atoms with Crippen LogP contribution in [0.1, 0.15) is 0 Å². The Morgan fingerprint density at radius 2 is 1.35 bits per heavy atom. The van der Waals surface area contributed by atoms with Crippen molar-refractivity contribution in [2.75, 3.05) is 5.32 Å². The molecule has 0 aliphatic heterocycles. The minimum absolute atomic E-state index is 0.206. The fraction of sp³-hybridized carbons (Fsp3) is 0.167. The average Bonchev–Trinajstić information content (AvgIpc) is 2.71. The molecule has 0 saturated heterocycles. The highest BCUT2D eigenvalue weighted by molar-refractivity contribution is 7.89. The first kappa shape index (κ1) is 25.2. The zero-order valence-corrected chi connectivity index (χ0v) is 21.1. The zero-order valence-electron chi connectivity index (χ0n) is 15.0. The Labute approximate surface area is 213 Å². The minimum Gasteiger partial charge on any atom is -0.359 e. The van der Waals surface area contributed by atoms with Gasteiger partial charge in [-0.25, -0.2) is 8.42 Å². The topological polar surface area (TPSA) is 75.3 Å². The van der Waals surface area contributed by atoms with Gasteiger partial charge in [0, 0.05) is 10.7 Å². The molecule has 13 heteroatoms. The fourth-order valence-electron chi connectivity index (χ4n) is 2.80. The molecule has 0 heterocycles. The summed E-state index contributed by atoms with van der Waals surface area (Å²) in [5.74, 6) is -1.09. The number of carbonyl (C=O) groups excluding carboxylic acids is 1. The molecule has 0 bridgehead atoms. The number of nitrogens with one attached hydrogen (secondary N) is 2. The monoisotopic (exact) mass is 580 g/mol. The highest BCUT2D eigenvalue weighted by atomic mass is 35.5. The van der Waals surface area contributed by atoms with E-state index in [1.807, 2.05) is 0 Å². The number of rotatable bonds is 5. The van der Waals surface area contributed by atoms with Crippen molar-refractivity contribution in [3.8, 4) is 0 Å². The van der Waals surface area contributed by atoms with Crippen molar-refractivity contribution in [3.05, 3.63) is 69.7 Å². The highest BCUT2D eigenvalue weighted by Gasteiger charge is 2.71. The largest absolute Gasteiger partial charge is 0.359 e. The second-order valence-electron chi connectivity index (χ2n) is 6.41. The fourth-order valence-corrected chi connectivity index (χ4v) is 6.23. The van der Waals surface area contributed by atoms with E-state index >= 15 is 0 Å². The summed E-state index contributed by atoms with van der Waals surface area (Å²) < 4.78 is 23.6. The second kappa shape index (κ2) is 8.75. The number of anilines is 1. The summed E-state index contributed by atoms with van der Waals surface area (Å²) in [6, 6.07) is 13.4.